The molecule has 2 amide bonds. The van der Waals surface area contributed by atoms with Gasteiger partial charge in [0.05, 0.1) is 21.2 Å². The molecule has 0 aliphatic carbocycles. The van der Waals surface area contributed by atoms with Crippen molar-refractivity contribution in [3.63, 3.8) is 0 Å². The highest BCUT2D eigenvalue weighted by Crippen LogP contribution is 2.38. The predicted octanol–water partition coefficient (Wildman–Crippen LogP) is 4.99. The smallest absolute Gasteiger partial charge is 0.350 e. The number of carbonyl (C=O) groups excluding carboxylic acids is 2. The number of alkyl halides is 3. The van der Waals surface area contributed by atoms with Crippen molar-refractivity contribution in [1.82, 2.24) is 10.2 Å². The monoisotopic (exact) mass is 579 g/mol. The van der Waals surface area contributed by atoms with Crippen LogP contribution in [0.4, 0.5) is 18.9 Å². The molecule has 3 aromatic rings. The number of benzene rings is 3. The molecule has 0 unspecified atom stereocenters. The fourth-order valence-corrected chi connectivity index (χ4v) is 5.90. The van der Waals surface area contributed by atoms with E-state index in [2.05, 4.69) is 5.32 Å². The van der Waals surface area contributed by atoms with E-state index in [1.54, 1.807) is 23.1 Å². The number of sulfonamides is 1. The fourth-order valence-electron chi connectivity index (χ4n) is 4.24. The molecule has 206 valence electrons. The van der Waals surface area contributed by atoms with Gasteiger partial charge in [0.2, 0.25) is 11.8 Å². The van der Waals surface area contributed by atoms with Gasteiger partial charge in [0.25, 0.3) is 10.0 Å². The molecule has 39 heavy (non-hydrogen) atoms. The number of amides is 2. The molecule has 0 spiro atoms. The van der Waals surface area contributed by atoms with Crippen molar-refractivity contribution >= 4 is 39.1 Å². The number of rotatable bonds is 9. The number of anilines is 1. The van der Waals surface area contributed by atoms with Crippen LogP contribution in [-0.2, 0) is 38.9 Å². The van der Waals surface area contributed by atoms with Gasteiger partial charge in [-0.25, -0.2) is 8.42 Å². The summed E-state index contributed by atoms with van der Waals surface area (Å²) in [6.45, 7) is 0.417. The normalized spacial score (nSPS) is 13.9. The quantitative estimate of drug-likeness (QED) is 0.387. The zero-order valence-electron chi connectivity index (χ0n) is 20.6. The van der Waals surface area contributed by atoms with Gasteiger partial charge >= 0.3 is 6.18 Å². The Balaban J connectivity index is 1.55. The molecule has 1 aliphatic rings. The van der Waals surface area contributed by atoms with Gasteiger partial charge in [0.1, 0.15) is 6.54 Å². The predicted molar refractivity (Wildman–Crippen MR) is 140 cm³/mol. The summed E-state index contributed by atoms with van der Waals surface area (Å²) in [5.74, 6) is -0.637. The van der Waals surface area contributed by atoms with Crippen molar-refractivity contribution in [2.75, 3.05) is 17.4 Å². The number of likely N-dealkylation sites (tertiary alicyclic amines) is 1. The highest BCUT2D eigenvalue weighted by molar-refractivity contribution is 7.92. The topological polar surface area (TPSA) is 86.8 Å². The van der Waals surface area contributed by atoms with Crippen LogP contribution in [0.1, 0.15) is 29.5 Å². The third-order valence-electron chi connectivity index (χ3n) is 6.19. The Bertz CT molecular complexity index is 1470. The van der Waals surface area contributed by atoms with Gasteiger partial charge in [-0.2, -0.15) is 13.2 Å². The van der Waals surface area contributed by atoms with Gasteiger partial charge in [0, 0.05) is 26.1 Å². The first-order valence-corrected chi connectivity index (χ1v) is 13.8. The Morgan fingerprint density at radius 2 is 1.72 bits per heavy atom. The van der Waals surface area contributed by atoms with Crippen LogP contribution in [0.5, 0.6) is 0 Å². The van der Waals surface area contributed by atoms with Crippen LogP contribution in [0.15, 0.2) is 77.7 Å². The van der Waals surface area contributed by atoms with Crippen molar-refractivity contribution < 1.29 is 31.2 Å². The Hall–Kier alpha value is -3.57. The van der Waals surface area contributed by atoms with Gasteiger partial charge in [-0.3, -0.25) is 13.9 Å². The molecule has 0 bridgehead atoms. The number of halogens is 4. The molecule has 7 nitrogen and oxygen atoms in total. The van der Waals surface area contributed by atoms with Crippen molar-refractivity contribution in [3.05, 3.63) is 94.5 Å². The van der Waals surface area contributed by atoms with Crippen molar-refractivity contribution in [1.29, 1.82) is 0 Å². The summed E-state index contributed by atoms with van der Waals surface area (Å²) in [5.41, 5.74) is 0.0218. The summed E-state index contributed by atoms with van der Waals surface area (Å²) in [7, 11) is -4.41. The third kappa shape index (κ3) is 6.90. The standard InChI is InChI=1S/C27H25ClF3N3O4S/c28-24-12-11-21(15-23(24)27(29,30)31)34(39(37,38)22-8-2-1-3-9-22)18-25(35)32-16-19-6-4-7-20(14-19)17-33-13-5-10-26(33)36/h1-4,6-9,11-12,14-15H,5,10,13,16-18H2,(H,32,35). The van der Waals surface area contributed by atoms with Crippen molar-refractivity contribution in [2.24, 2.45) is 0 Å². The highest BCUT2D eigenvalue weighted by Gasteiger charge is 2.35. The Kier molecular flexibility index (Phi) is 8.51. The van der Waals surface area contributed by atoms with Gasteiger partial charge in [0.15, 0.2) is 0 Å². The molecular weight excluding hydrogens is 555 g/mol. The van der Waals surface area contributed by atoms with E-state index in [0.717, 1.165) is 29.7 Å². The number of hydrogen-bond donors (Lipinski definition) is 1. The lowest BCUT2D eigenvalue weighted by Crippen LogP contribution is -2.40. The van der Waals surface area contributed by atoms with E-state index in [4.69, 9.17) is 11.6 Å². The van der Waals surface area contributed by atoms with E-state index in [-0.39, 0.29) is 23.0 Å². The molecule has 0 radical (unpaired) electrons. The first kappa shape index (κ1) is 28.4. The SMILES string of the molecule is O=C(CN(c1ccc(Cl)c(C(F)(F)F)c1)S(=O)(=O)c1ccccc1)NCc1cccc(CN2CCCC2=O)c1. The molecule has 0 atom stereocenters. The second-order valence-corrected chi connectivity index (χ2v) is 11.3. The second-order valence-electron chi connectivity index (χ2n) is 9.00. The third-order valence-corrected chi connectivity index (χ3v) is 8.31. The van der Waals surface area contributed by atoms with E-state index in [1.807, 2.05) is 12.1 Å². The van der Waals surface area contributed by atoms with Crippen LogP contribution in [0, 0.1) is 0 Å². The minimum atomic E-state index is -4.83. The molecule has 1 heterocycles. The molecule has 0 aromatic heterocycles. The van der Waals surface area contributed by atoms with E-state index < -0.39 is 39.2 Å². The van der Waals surface area contributed by atoms with Crippen LogP contribution < -0.4 is 9.62 Å². The molecule has 1 N–H and O–H groups in total. The molecule has 1 saturated heterocycles. The van der Waals surface area contributed by atoms with Gasteiger partial charge in [-0.05, 0) is 47.9 Å². The average Bonchev–Trinajstić information content (AvgIpc) is 3.30. The van der Waals surface area contributed by atoms with Crippen molar-refractivity contribution in [2.45, 2.75) is 37.0 Å². The fraction of sp³-hybridized carbons (Fsp3) is 0.259. The Labute approximate surface area is 229 Å². The van der Waals surface area contributed by atoms with Gasteiger partial charge < -0.3 is 10.2 Å². The molecule has 3 aromatic carbocycles. The second kappa shape index (κ2) is 11.7. The van der Waals surface area contributed by atoms with Crippen LogP contribution in [0.25, 0.3) is 0 Å². The summed E-state index contributed by atoms with van der Waals surface area (Å²) >= 11 is 5.73. The summed E-state index contributed by atoms with van der Waals surface area (Å²) in [4.78, 5) is 26.4. The highest BCUT2D eigenvalue weighted by atomic mass is 35.5. The summed E-state index contributed by atoms with van der Waals surface area (Å²) in [6.07, 6.45) is -3.49. The van der Waals surface area contributed by atoms with E-state index in [9.17, 15) is 31.2 Å². The Morgan fingerprint density at radius 1 is 1.00 bits per heavy atom. The van der Waals surface area contributed by atoms with Crippen molar-refractivity contribution in [3.8, 4) is 0 Å². The number of hydrogen-bond acceptors (Lipinski definition) is 4. The van der Waals surface area contributed by atoms with Crippen LogP contribution in [0.2, 0.25) is 5.02 Å². The van der Waals surface area contributed by atoms with Gasteiger partial charge in [-0.1, -0.05) is 54.1 Å². The van der Waals surface area contributed by atoms with E-state index in [0.29, 0.717) is 29.9 Å². The van der Waals surface area contributed by atoms with Gasteiger partial charge in [-0.15, -0.1) is 0 Å². The Morgan fingerprint density at radius 3 is 2.38 bits per heavy atom. The molecule has 4 rings (SSSR count). The minimum absolute atomic E-state index is 0.0499. The molecule has 1 fully saturated rings. The number of carbonyl (C=O) groups is 2. The summed E-state index contributed by atoms with van der Waals surface area (Å²) in [5, 5.41) is 2.04. The molecule has 12 heteroatoms. The van der Waals surface area contributed by atoms with Crippen LogP contribution >= 0.6 is 11.6 Å². The van der Waals surface area contributed by atoms with Crippen LogP contribution in [-0.4, -0.2) is 38.2 Å². The zero-order chi connectivity index (χ0) is 28.2. The maximum absolute atomic E-state index is 13.5. The lowest BCUT2D eigenvalue weighted by atomic mass is 10.1. The molecule has 1 aliphatic heterocycles. The maximum atomic E-state index is 13.5. The average molecular weight is 580 g/mol. The first-order valence-electron chi connectivity index (χ1n) is 12.0. The van der Waals surface area contributed by atoms with E-state index >= 15 is 0 Å². The lowest BCUT2D eigenvalue weighted by Gasteiger charge is -2.25. The number of nitrogens with zero attached hydrogens (tertiary/aromatic N) is 2. The van der Waals surface area contributed by atoms with E-state index in [1.165, 1.54) is 24.3 Å². The molecule has 0 saturated carbocycles. The first-order chi connectivity index (χ1) is 18.4. The molecular formula is C27H25ClF3N3O4S. The summed E-state index contributed by atoms with van der Waals surface area (Å²) in [6, 6.07) is 17.0. The minimum Gasteiger partial charge on any atom is -0.350 e. The largest absolute Gasteiger partial charge is 0.417 e. The number of nitrogens with one attached hydrogen (secondary N) is 1. The zero-order valence-corrected chi connectivity index (χ0v) is 22.2. The van der Waals surface area contributed by atoms with Crippen LogP contribution in [0.3, 0.4) is 0 Å². The lowest BCUT2D eigenvalue weighted by molar-refractivity contribution is -0.137. The maximum Gasteiger partial charge on any atom is 0.417 e. The summed E-state index contributed by atoms with van der Waals surface area (Å²) < 4.78 is 68.0.